The third-order valence-electron chi connectivity index (χ3n) is 3.85. The number of carbonyl (C=O) groups excluding carboxylic acids is 1. The number of primary amides is 1. The van der Waals surface area contributed by atoms with E-state index >= 15 is 0 Å². The molecule has 3 heterocycles. The molecule has 2 aliphatic heterocycles. The van der Waals surface area contributed by atoms with Gasteiger partial charge in [0, 0.05) is 37.1 Å². The van der Waals surface area contributed by atoms with Gasteiger partial charge in [0.1, 0.15) is 30.2 Å². The number of carbonyl (C=O) groups is 1. The Morgan fingerprint density at radius 1 is 1.33 bits per heavy atom. The van der Waals surface area contributed by atoms with E-state index in [4.69, 9.17) is 5.73 Å². The summed E-state index contributed by atoms with van der Waals surface area (Å²) in [5, 5.41) is 0. The molecule has 2 saturated heterocycles. The molecular weight excluding hydrogens is 293 g/mol. The molecule has 8 heteroatoms. The topological polar surface area (TPSA) is 75.4 Å². The number of amides is 1. The molecule has 2 N–H and O–H groups in total. The van der Waals surface area contributed by atoms with Crippen LogP contribution in [0.4, 0.5) is 16.0 Å². The SMILES string of the molecule is NC(=O)[C@@H]1C[C@@H](F)CN1c1cc(N2CCSCC2)ncn1. The molecule has 0 spiro atoms. The number of aromatic nitrogens is 2. The predicted octanol–water partition coefficient (Wildman–Crippen LogP) is 0.432. The second-order valence-electron chi connectivity index (χ2n) is 5.24. The number of anilines is 2. The fourth-order valence-corrected chi connectivity index (χ4v) is 3.67. The van der Waals surface area contributed by atoms with Crippen molar-refractivity contribution in [2.24, 2.45) is 5.73 Å². The largest absolute Gasteiger partial charge is 0.368 e. The van der Waals surface area contributed by atoms with Gasteiger partial charge in [0.2, 0.25) is 5.91 Å². The molecule has 0 saturated carbocycles. The van der Waals surface area contributed by atoms with Gasteiger partial charge in [-0.05, 0) is 0 Å². The van der Waals surface area contributed by atoms with E-state index in [9.17, 15) is 9.18 Å². The van der Waals surface area contributed by atoms with E-state index in [2.05, 4.69) is 14.9 Å². The van der Waals surface area contributed by atoms with Gasteiger partial charge in [0.05, 0.1) is 6.54 Å². The summed E-state index contributed by atoms with van der Waals surface area (Å²) < 4.78 is 13.6. The number of hydrogen-bond acceptors (Lipinski definition) is 6. The normalized spacial score (nSPS) is 26.1. The predicted molar refractivity (Wildman–Crippen MR) is 81.4 cm³/mol. The van der Waals surface area contributed by atoms with Gasteiger partial charge in [0.25, 0.3) is 0 Å². The van der Waals surface area contributed by atoms with E-state index < -0.39 is 18.1 Å². The number of rotatable bonds is 3. The lowest BCUT2D eigenvalue weighted by atomic mass is 10.2. The number of nitrogens with two attached hydrogens (primary N) is 1. The zero-order valence-electron chi connectivity index (χ0n) is 11.6. The number of alkyl halides is 1. The van der Waals surface area contributed by atoms with Gasteiger partial charge in [-0.15, -0.1) is 0 Å². The lowest BCUT2D eigenvalue weighted by molar-refractivity contribution is -0.119. The summed E-state index contributed by atoms with van der Waals surface area (Å²) in [5.41, 5.74) is 5.36. The molecule has 0 radical (unpaired) electrons. The number of thioether (sulfide) groups is 1. The molecule has 1 aromatic heterocycles. The highest BCUT2D eigenvalue weighted by atomic mass is 32.2. The van der Waals surface area contributed by atoms with Crippen molar-refractivity contribution in [1.82, 2.24) is 9.97 Å². The van der Waals surface area contributed by atoms with Crippen LogP contribution in [0.25, 0.3) is 0 Å². The van der Waals surface area contributed by atoms with Crippen LogP contribution >= 0.6 is 11.8 Å². The van der Waals surface area contributed by atoms with E-state index in [1.807, 2.05) is 17.8 Å². The summed E-state index contributed by atoms with van der Waals surface area (Å²) in [6.07, 6.45) is 0.553. The summed E-state index contributed by atoms with van der Waals surface area (Å²) in [6, 6.07) is 1.20. The first-order valence-electron chi connectivity index (χ1n) is 7.00. The van der Waals surface area contributed by atoms with Crippen LogP contribution in [0.2, 0.25) is 0 Å². The van der Waals surface area contributed by atoms with Crippen molar-refractivity contribution in [3.05, 3.63) is 12.4 Å². The molecular formula is C13H18FN5OS. The van der Waals surface area contributed by atoms with Crippen molar-refractivity contribution in [3.63, 3.8) is 0 Å². The van der Waals surface area contributed by atoms with E-state index in [0.29, 0.717) is 5.82 Å². The van der Waals surface area contributed by atoms with Gasteiger partial charge in [-0.25, -0.2) is 14.4 Å². The van der Waals surface area contributed by atoms with E-state index in [0.717, 1.165) is 30.4 Å². The molecule has 1 amide bonds. The Kier molecular flexibility index (Phi) is 4.14. The minimum Gasteiger partial charge on any atom is -0.368 e. The highest BCUT2D eigenvalue weighted by molar-refractivity contribution is 7.99. The maximum atomic E-state index is 13.6. The number of hydrogen-bond donors (Lipinski definition) is 1. The fourth-order valence-electron chi connectivity index (χ4n) is 2.77. The van der Waals surface area contributed by atoms with Crippen LogP contribution in [0.1, 0.15) is 6.42 Å². The van der Waals surface area contributed by atoms with E-state index in [-0.39, 0.29) is 13.0 Å². The Morgan fingerprint density at radius 3 is 2.76 bits per heavy atom. The van der Waals surface area contributed by atoms with Crippen LogP contribution in [0.5, 0.6) is 0 Å². The summed E-state index contributed by atoms with van der Waals surface area (Å²) in [7, 11) is 0. The molecule has 0 aromatic carbocycles. The van der Waals surface area contributed by atoms with Gasteiger partial charge >= 0.3 is 0 Å². The van der Waals surface area contributed by atoms with Crippen molar-refractivity contribution in [3.8, 4) is 0 Å². The standard InChI is InChI=1S/C13H18FN5OS/c14-9-5-10(13(15)20)19(7-9)12-6-11(16-8-17-12)18-1-3-21-4-2-18/h6,8-10H,1-5,7H2,(H2,15,20)/t9-,10+/m1/s1. The highest BCUT2D eigenvalue weighted by Crippen LogP contribution is 2.28. The van der Waals surface area contributed by atoms with Crippen LogP contribution in [0.15, 0.2) is 12.4 Å². The fraction of sp³-hybridized carbons (Fsp3) is 0.615. The molecule has 6 nitrogen and oxygen atoms in total. The van der Waals surface area contributed by atoms with Crippen LogP contribution < -0.4 is 15.5 Å². The van der Waals surface area contributed by atoms with Crippen molar-refractivity contribution in [2.45, 2.75) is 18.6 Å². The Balaban J connectivity index is 1.83. The maximum absolute atomic E-state index is 13.6. The molecule has 1 aromatic rings. The summed E-state index contributed by atoms with van der Waals surface area (Å²) in [4.78, 5) is 23.8. The lowest BCUT2D eigenvalue weighted by Crippen LogP contribution is -2.41. The van der Waals surface area contributed by atoms with Gasteiger partial charge in [0.15, 0.2) is 0 Å². The quantitative estimate of drug-likeness (QED) is 0.872. The Hall–Kier alpha value is -1.57. The van der Waals surface area contributed by atoms with Crippen molar-refractivity contribution in [2.75, 3.05) is 40.9 Å². The molecule has 21 heavy (non-hydrogen) atoms. The Labute approximate surface area is 126 Å². The summed E-state index contributed by atoms with van der Waals surface area (Å²) in [5.74, 6) is 3.02. The minimum absolute atomic E-state index is 0.134. The number of halogens is 1. The third kappa shape index (κ3) is 3.04. The highest BCUT2D eigenvalue weighted by Gasteiger charge is 2.36. The zero-order valence-corrected chi connectivity index (χ0v) is 12.4. The first-order valence-corrected chi connectivity index (χ1v) is 8.15. The zero-order chi connectivity index (χ0) is 14.8. The molecule has 3 rings (SSSR count). The molecule has 2 aliphatic rings. The van der Waals surface area contributed by atoms with Gasteiger partial charge in [-0.2, -0.15) is 11.8 Å². The maximum Gasteiger partial charge on any atom is 0.240 e. The second-order valence-corrected chi connectivity index (χ2v) is 6.46. The summed E-state index contributed by atoms with van der Waals surface area (Å²) >= 11 is 1.92. The first kappa shape index (κ1) is 14.4. The van der Waals surface area contributed by atoms with Gasteiger partial charge in [-0.3, -0.25) is 4.79 Å². The van der Waals surface area contributed by atoms with Crippen LogP contribution in [-0.2, 0) is 4.79 Å². The summed E-state index contributed by atoms with van der Waals surface area (Å²) in [6.45, 7) is 2.03. The Bertz CT molecular complexity index is 525. The van der Waals surface area contributed by atoms with Crippen LogP contribution in [0.3, 0.4) is 0 Å². The molecule has 2 atom stereocenters. The lowest BCUT2D eigenvalue weighted by Gasteiger charge is -2.29. The van der Waals surface area contributed by atoms with E-state index in [1.54, 1.807) is 4.90 Å². The molecule has 0 unspecified atom stereocenters. The van der Waals surface area contributed by atoms with Gasteiger partial charge < -0.3 is 15.5 Å². The third-order valence-corrected chi connectivity index (χ3v) is 4.79. The first-order chi connectivity index (χ1) is 10.1. The van der Waals surface area contributed by atoms with Crippen molar-refractivity contribution in [1.29, 1.82) is 0 Å². The van der Waals surface area contributed by atoms with Gasteiger partial charge in [-0.1, -0.05) is 0 Å². The van der Waals surface area contributed by atoms with Crippen LogP contribution in [0, 0.1) is 0 Å². The van der Waals surface area contributed by atoms with E-state index in [1.165, 1.54) is 6.33 Å². The van der Waals surface area contributed by atoms with Crippen molar-refractivity contribution < 1.29 is 9.18 Å². The molecule has 2 fully saturated rings. The van der Waals surface area contributed by atoms with Crippen LogP contribution in [-0.4, -0.2) is 59.2 Å². The number of nitrogens with zero attached hydrogens (tertiary/aromatic N) is 4. The molecule has 0 bridgehead atoms. The average molecular weight is 311 g/mol. The average Bonchev–Trinajstić information content (AvgIpc) is 2.91. The smallest absolute Gasteiger partial charge is 0.240 e. The minimum atomic E-state index is -1.05. The molecule has 114 valence electrons. The second kappa shape index (κ2) is 6.05. The molecule has 0 aliphatic carbocycles. The Morgan fingerprint density at radius 2 is 2.05 bits per heavy atom. The monoisotopic (exact) mass is 311 g/mol. The van der Waals surface area contributed by atoms with Crippen molar-refractivity contribution >= 4 is 29.3 Å².